The second kappa shape index (κ2) is 5.78. The van der Waals surface area contributed by atoms with Crippen LogP contribution in [-0.2, 0) is 0 Å². The molecule has 3 heterocycles. The molecule has 1 aromatic carbocycles. The predicted molar refractivity (Wildman–Crippen MR) is 87.2 cm³/mol. The van der Waals surface area contributed by atoms with Crippen LogP contribution in [0.2, 0.25) is 0 Å². The highest BCUT2D eigenvalue weighted by Gasteiger charge is 2.33. The normalized spacial score (nSPS) is 17.1. The van der Waals surface area contributed by atoms with Crippen LogP contribution in [0.4, 0.5) is 0 Å². The summed E-state index contributed by atoms with van der Waals surface area (Å²) in [6.07, 6.45) is 3.74. The van der Waals surface area contributed by atoms with E-state index >= 15 is 0 Å². The third kappa shape index (κ3) is 2.31. The monoisotopic (exact) mass is 317 g/mol. The number of amides is 1. The number of aromatic nitrogens is 3. The van der Waals surface area contributed by atoms with E-state index in [2.05, 4.69) is 16.3 Å². The molecule has 1 amide bonds. The van der Waals surface area contributed by atoms with E-state index in [0.717, 1.165) is 24.3 Å². The van der Waals surface area contributed by atoms with E-state index in [0.29, 0.717) is 17.7 Å². The summed E-state index contributed by atoms with van der Waals surface area (Å²) in [5.41, 5.74) is 1.92. The molecule has 1 aliphatic heterocycles. The molecule has 1 aliphatic rings. The van der Waals surface area contributed by atoms with Crippen LogP contribution < -0.4 is 0 Å². The molecule has 118 valence electrons. The molecule has 1 atom stereocenters. The third-order valence-electron chi connectivity index (χ3n) is 4.41. The summed E-state index contributed by atoms with van der Waals surface area (Å²) >= 11 is 0. The first kappa shape index (κ1) is 14.4. The van der Waals surface area contributed by atoms with Gasteiger partial charge in [-0.25, -0.2) is 0 Å². The quantitative estimate of drug-likeness (QED) is 0.728. The Morgan fingerprint density at radius 3 is 2.79 bits per heavy atom. The van der Waals surface area contributed by atoms with Crippen LogP contribution in [0.15, 0.2) is 48.7 Å². The first-order valence-corrected chi connectivity index (χ1v) is 7.89. The molecular formula is C18H15N5O. The van der Waals surface area contributed by atoms with Crippen molar-refractivity contribution in [2.24, 2.45) is 0 Å². The molecule has 24 heavy (non-hydrogen) atoms. The zero-order chi connectivity index (χ0) is 16.5. The van der Waals surface area contributed by atoms with Crippen LogP contribution in [-0.4, -0.2) is 31.9 Å². The third-order valence-corrected chi connectivity index (χ3v) is 4.41. The number of carbonyl (C=O) groups is 1. The van der Waals surface area contributed by atoms with Crippen LogP contribution in [0.25, 0.3) is 5.65 Å². The van der Waals surface area contributed by atoms with Crippen LogP contribution >= 0.6 is 0 Å². The number of fused-ring (bicyclic) bond motifs is 1. The molecule has 0 radical (unpaired) electrons. The zero-order valence-corrected chi connectivity index (χ0v) is 13.0. The number of rotatable bonds is 2. The average Bonchev–Trinajstić information content (AvgIpc) is 3.27. The highest BCUT2D eigenvalue weighted by atomic mass is 16.2. The molecule has 1 unspecified atom stereocenters. The van der Waals surface area contributed by atoms with Gasteiger partial charge < -0.3 is 4.90 Å². The number of pyridine rings is 1. The molecule has 4 rings (SSSR count). The molecule has 0 bridgehead atoms. The molecule has 0 aliphatic carbocycles. The summed E-state index contributed by atoms with van der Waals surface area (Å²) in [5, 5.41) is 17.4. The number of hydrogen-bond donors (Lipinski definition) is 0. The maximum Gasteiger partial charge on any atom is 0.254 e. The first-order chi connectivity index (χ1) is 11.8. The van der Waals surface area contributed by atoms with Crippen molar-refractivity contribution in [3.05, 3.63) is 65.6 Å². The Bertz CT molecular complexity index is 938. The minimum atomic E-state index is -0.0782. The Labute approximate surface area is 139 Å². The van der Waals surface area contributed by atoms with Crippen LogP contribution in [0.5, 0.6) is 0 Å². The van der Waals surface area contributed by atoms with E-state index in [1.807, 2.05) is 33.7 Å². The molecule has 0 N–H and O–H groups in total. The molecule has 6 heteroatoms. The molecule has 1 fully saturated rings. The van der Waals surface area contributed by atoms with Gasteiger partial charge in [-0.2, -0.15) is 5.26 Å². The van der Waals surface area contributed by atoms with Crippen molar-refractivity contribution in [2.45, 2.75) is 18.9 Å². The average molecular weight is 317 g/mol. The molecule has 0 spiro atoms. The maximum absolute atomic E-state index is 12.9. The topological polar surface area (TPSA) is 74.3 Å². The molecule has 0 saturated carbocycles. The second-order valence-electron chi connectivity index (χ2n) is 5.83. The van der Waals surface area contributed by atoms with E-state index in [-0.39, 0.29) is 11.9 Å². The fraction of sp³-hybridized carbons (Fsp3) is 0.222. The lowest BCUT2D eigenvalue weighted by Crippen LogP contribution is -2.31. The Morgan fingerprint density at radius 2 is 2.00 bits per heavy atom. The van der Waals surface area contributed by atoms with Gasteiger partial charge in [0.25, 0.3) is 5.91 Å². The second-order valence-corrected chi connectivity index (χ2v) is 5.83. The Hall–Kier alpha value is -3.20. The number of nitrogens with zero attached hydrogens (tertiary/aromatic N) is 5. The molecular weight excluding hydrogens is 302 g/mol. The minimum Gasteiger partial charge on any atom is -0.328 e. The van der Waals surface area contributed by atoms with E-state index in [9.17, 15) is 4.79 Å². The Kier molecular flexibility index (Phi) is 3.47. The molecule has 3 aromatic rings. The summed E-state index contributed by atoms with van der Waals surface area (Å²) < 4.78 is 1.94. The van der Waals surface area contributed by atoms with Gasteiger partial charge in [0.1, 0.15) is 0 Å². The fourth-order valence-corrected chi connectivity index (χ4v) is 3.22. The van der Waals surface area contributed by atoms with Crippen molar-refractivity contribution in [2.75, 3.05) is 6.54 Å². The van der Waals surface area contributed by atoms with Crippen LogP contribution in [0.3, 0.4) is 0 Å². The van der Waals surface area contributed by atoms with Crippen molar-refractivity contribution in [1.29, 1.82) is 5.26 Å². The highest BCUT2D eigenvalue weighted by molar-refractivity contribution is 5.94. The number of carbonyl (C=O) groups excluding carboxylic acids is 1. The minimum absolute atomic E-state index is 0.0327. The number of hydrogen-bond acceptors (Lipinski definition) is 4. The van der Waals surface area contributed by atoms with Gasteiger partial charge in [0.05, 0.1) is 17.7 Å². The summed E-state index contributed by atoms with van der Waals surface area (Å²) in [6.45, 7) is 0.700. The largest absolute Gasteiger partial charge is 0.328 e. The van der Waals surface area contributed by atoms with Gasteiger partial charge in [-0.05, 0) is 49.2 Å². The van der Waals surface area contributed by atoms with Crippen molar-refractivity contribution >= 4 is 11.6 Å². The van der Waals surface area contributed by atoms with Crippen molar-refractivity contribution < 1.29 is 4.79 Å². The van der Waals surface area contributed by atoms with Crippen LogP contribution in [0.1, 0.15) is 40.6 Å². The van der Waals surface area contributed by atoms with E-state index < -0.39 is 0 Å². The van der Waals surface area contributed by atoms with Gasteiger partial charge in [0, 0.05) is 18.3 Å². The van der Waals surface area contributed by atoms with E-state index in [1.165, 1.54) is 0 Å². The van der Waals surface area contributed by atoms with Gasteiger partial charge >= 0.3 is 0 Å². The lowest BCUT2D eigenvalue weighted by atomic mass is 10.1. The van der Waals surface area contributed by atoms with Gasteiger partial charge in [-0.15, -0.1) is 10.2 Å². The lowest BCUT2D eigenvalue weighted by molar-refractivity contribution is 0.0729. The molecule has 2 aromatic heterocycles. The van der Waals surface area contributed by atoms with Crippen molar-refractivity contribution in [3.63, 3.8) is 0 Å². The van der Waals surface area contributed by atoms with Gasteiger partial charge in [-0.3, -0.25) is 9.20 Å². The van der Waals surface area contributed by atoms with Gasteiger partial charge in [0.2, 0.25) is 0 Å². The first-order valence-electron chi connectivity index (χ1n) is 7.89. The highest BCUT2D eigenvalue weighted by Crippen LogP contribution is 2.32. The smallest absolute Gasteiger partial charge is 0.254 e. The lowest BCUT2D eigenvalue weighted by Gasteiger charge is -2.23. The standard InChI is InChI=1S/C18H15N5O/c19-12-13-6-8-14(9-7-13)18(24)22-11-3-4-15(22)17-21-20-16-5-1-2-10-23(16)17/h1-2,5-10,15H,3-4,11H2. The fourth-order valence-electron chi connectivity index (χ4n) is 3.22. The van der Waals surface area contributed by atoms with E-state index in [1.54, 1.807) is 24.3 Å². The maximum atomic E-state index is 12.9. The number of nitriles is 1. The van der Waals surface area contributed by atoms with Gasteiger partial charge in [0.15, 0.2) is 11.5 Å². The zero-order valence-electron chi connectivity index (χ0n) is 13.0. The summed E-state index contributed by atoms with van der Waals surface area (Å²) in [5.74, 6) is 0.764. The van der Waals surface area contributed by atoms with Crippen molar-refractivity contribution in [3.8, 4) is 6.07 Å². The summed E-state index contributed by atoms with van der Waals surface area (Å²) in [4.78, 5) is 14.7. The Balaban J connectivity index is 1.67. The van der Waals surface area contributed by atoms with Crippen LogP contribution in [0, 0.1) is 11.3 Å². The van der Waals surface area contributed by atoms with Crippen molar-refractivity contribution in [1.82, 2.24) is 19.5 Å². The summed E-state index contributed by atoms with van der Waals surface area (Å²) in [7, 11) is 0. The number of benzene rings is 1. The molecule has 1 saturated heterocycles. The van der Waals surface area contributed by atoms with Gasteiger partial charge in [-0.1, -0.05) is 6.07 Å². The molecule has 6 nitrogen and oxygen atoms in total. The van der Waals surface area contributed by atoms with E-state index in [4.69, 9.17) is 5.26 Å². The SMILES string of the molecule is N#Cc1ccc(C(=O)N2CCCC2c2nnc3ccccn23)cc1. The predicted octanol–water partition coefficient (Wildman–Crippen LogP) is 2.58. The summed E-state index contributed by atoms with van der Waals surface area (Å²) in [6, 6.07) is 14.5. The number of likely N-dealkylation sites (tertiary alicyclic amines) is 1. The Morgan fingerprint density at radius 1 is 1.17 bits per heavy atom.